The molecule has 7 rings (SSSR count). The smallest absolute Gasteiger partial charge is 0.269 e. The van der Waals surface area contributed by atoms with Crippen molar-refractivity contribution in [3.05, 3.63) is 108 Å². The van der Waals surface area contributed by atoms with Crippen LogP contribution in [0.5, 0.6) is 0 Å². The minimum Gasteiger partial charge on any atom is -0.377 e. The molecule has 0 spiro atoms. The lowest BCUT2D eigenvalue weighted by Crippen LogP contribution is -2.25. The first-order valence-electron chi connectivity index (χ1n) is 12.0. The third-order valence-electron chi connectivity index (χ3n) is 7.00. The van der Waals surface area contributed by atoms with Gasteiger partial charge in [-0.05, 0) is 35.9 Å². The number of nitrogens with zero attached hydrogens (tertiary/aromatic N) is 5. The van der Waals surface area contributed by atoms with E-state index in [1.165, 1.54) is 15.3 Å². The third kappa shape index (κ3) is 3.45. The molecule has 0 amide bonds. The Morgan fingerprint density at radius 3 is 2.71 bits per heavy atom. The number of fused-ring (bicyclic) bond motifs is 2. The van der Waals surface area contributed by atoms with Crippen molar-refractivity contribution in [3.63, 3.8) is 0 Å². The molecule has 0 aliphatic carbocycles. The first kappa shape index (κ1) is 23.0. The number of imidazole rings is 1. The van der Waals surface area contributed by atoms with E-state index >= 15 is 0 Å². The molecule has 6 aromatic rings. The number of rotatable bonds is 5. The van der Waals surface area contributed by atoms with Gasteiger partial charge in [-0.2, -0.15) is 0 Å². The van der Waals surface area contributed by atoms with Crippen LogP contribution < -0.4 is 0 Å². The van der Waals surface area contributed by atoms with Crippen molar-refractivity contribution >= 4 is 32.4 Å². The predicted molar refractivity (Wildman–Crippen MR) is 145 cm³/mol. The summed E-state index contributed by atoms with van der Waals surface area (Å²) in [6.45, 7) is 0.710. The highest BCUT2D eigenvalue weighted by Crippen LogP contribution is 2.40. The fraction of sp³-hybridized carbons (Fsp3) is 0.107. The van der Waals surface area contributed by atoms with E-state index in [2.05, 4.69) is 9.97 Å². The van der Waals surface area contributed by atoms with Crippen LogP contribution in [0, 0.1) is 0 Å². The first-order valence-corrected chi connectivity index (χ1v) is 14.3. The average molecular weight is 540 g/mol. The zero-order valence-corrected chi connectivity index (χ0v) is 21.6. The second-order valence-corrected chi connectivity index (χ2v) is 11.9. The molecule has 0 saturated carbocycles. The largest absolute Gasteiger partial charge is 0.377 e. The summed E-state index contributed by atoms with van der Waals surface area (Å²) >= 11 is 1.46. The van der Waals surface area contributed by atoms with Crippen LogP contribution in [0.3, 0.4) is 0 Å². The number of thiazole rings is 1. The van der Waals surface area contributed by atoms with E-state index in [-0.39, 0.29) is 4.90 Å². The summed E-state index contributed by atoms with van der Waals surface area (Å²) in [6, 6.07) is 19.7. The monoisotopic (exact) mass is 539 g/mol. The van der Waals surface area contributed by atoms with Crippen LogP contribution in [0.25, 0.3) is 32.9 Å². The summed E-state index contributed by atoms with van der Waals surface area (Å²) in [5.41, 5.74) is 2.18. The van der Waals surface area contributed by atoms with E-state index in [4.69, 9.17) is 4.98 Å². The number of benzene rings is 2. The molecule has 10 heteroatoms. The Kier molecular flexibility index (Phi) is 5.12. The van der Waals surface area contributed by atoms with Crippen molar-refractivity contribution in [3.8, 4) is 21.8 Å². The second kappa shape index (κ2) is 8.45. The van der Waals surface area contributed by atoms with Gasteiger partial charge in [-0.25, -0.2) is 27.3 Å². The lowest BCUT2D eigenvalue weighted by Gasteiger charge is -2.22. The van der Waals surface area contributed by atoms with Gasteiger partial charge in [0.15, 0.2) is 5.65 Å². The van der Waals surface area contributed by atoms with Gasteiger partial charge < -0.3 is 9.67 Å². The molecule has 1 unspecified atom stereocenters. The van der Waals surface area contributed by atoms with Crippen LogP contribution in [-0.4, -0.2) is 37.0 Å². The summed E-state index contributed by atoms with van der Waals surface area (Å²) in [5, 5.41) is 14.9. The Balaban J connectivity index is 1.30. The van der Waals surface area contributed by atoms with Gasteiger partial charge in [0.05, 0.1) is 10.6 Å². The lowest BCUT2D eigenvalue weighted by molar-refractivity contribution is 0.0786. The number of aromatic nitrogens is 5. The molecule has 1 atom stereocenters. The number of hydrogen-bond acceptors (Lipinski definition) is 7. The molecule has 1 aliphatic rings. The zero-order valence-electron chi connectivity index (χ0n) is 20.0. The molecule has 1 aliphatic heterocycles. The van der Waals surface area contributed by atoms with Crippen LogP contribution in [0.4, 0.5) is 0 Å². The van der Waals surface area contributed by atoms with Crippen molar-refractivity contribution in [2.24, 2.45) is 0 Å². The molecular weight excluding hydrogens is 518 g/mol. The van der Waals surface area contributed by atoms with Crippen LogP contribution >= 0.6 is 11.3 Å². The Morgan fingerprint density at radius 1 is 0.974 bits per heavy atom. The summed E-state index contributed by atoms with van der Waals surface area (Å²) in [7, 11) is -3.85. The predicted octanol–water partition coefficient (Wildman–Crippen LogP) is 4.90. The van der Waals surface area contributed by atoms with Gasteiger partial charge in [0.1, 0.15) is 16.4 Å². The summed E-state index contributed by atoms with van der Waals surface area (Å²) in [5.74, 6) is 0.648. The van der Waals surface area contributed by atoms with Gasteiger partial charge in [0.2, 0.25) is 0 Å². The molecule has 8 nitrogen and oxygen atoms in total. The Bertz CT molecular complexity index is 1920. The zero-order chi connectivity index (χ0) is 25.9. The highest BCUT2D eigenvalue weighted by atomic mass is 32.2. The molecule has 0 saturated heterocycles. The Morgan fingerprint density at radius 2 is 1.84 bits per heavy atom. The third-order valence-corrected chi connectivity index (χ3v) is 9.55. The SMILES string of the molecule is O=S(=O)(c1ccccc1)n1cc(-c2csc(-c3cccc(C4(O)CCn5ccnc54)c3)n2)c2cccnc21. The second-order valence-electron chi connectivity index (χ2n) is 9.20. The van der Waals surface area contributed by atoms with Crippen LogP contribution in [0.15, 0.2) is 102 Å². The normalized spacial score (nSPS) is 17.2. The molecule has 2 aromatic carbocycles. The van der Waals surface area contributed by atoms with E-state index in [0.717, 1.165) is 16.1 Å². The van der Waals surface area contributed by atoms with Gasteiger partial charge in [0, 0.05) is 59.6 Å². The molecule has 4 aromatic heterocycles. The molecule has 0 radical (unpaired) electrons. The molecule has 5 heterocycles. The topological polar surface area (TPSA) is 103 Å². The van der Waals surface area contributed by atoms with E-state index in [1.54, 1.807) is 55.0 Å². The number of pyridine rings is 1. The quantitative estimate of drug-likeness (QED) is 0.334. The van der Waals surface area contributed by atoms with Crippen LogP contribution in [-0.2, 0) is 22.2 Å². The van der Waals surface area contributed by atoms with Gasteiger partial charge in [-0.3, -0.25) is 0 Å². The standard InChI is InChI=1S/C28H21N5O3S2/c34-28(11-14-32-15-13-30-27(28)32)20-7-4-6-19(16-20)26-31-24(18-37-26)23-17-33(25-22(23)10-5-12-29-25)38(35,36)21-8-2-1-3-9-21/h1-10,12-13,15-18,34H,11,14H2. The maximum atomic E-state index is 13.5. The van der Waals surface area contributed by atoms with Crippen molar-refractivity contribution in [1.82, 2.24) is 23.5 Å². The van der Waals surface area contributed by atoms with Crippen molar-refractivity contribution in [2.45, 2.75) is 23.5 Å². The highest BCUT2D eigenvalue weighted by molar-refractivity contribution is 7.90. The maximum absolute atomic E-state index is 13.5. The van der Waals surface area contributed by atoms with E-state index in [0.29, 0.717) is 41.1 Å². The van der Waals surface area contributed by atoms with Crippen LogP contribution in [0.2, 0.25) is 0 Å². The minimum atomic E-state index is -3.85. The fourth-order valence-corrected chi connectivity index (χ4v) is 7.25. The van der Waals surface area contributed by atoms with Crippen molar-refractivity contribution in [2.75, 3.05) is 0 Å². The molecule has 188 valence electrons. The average Bonchev–Trinajstić information content (AvgIpc) is 3.74. The maximum Gasteiger partial charge on any atom is 0.269 e. The summed E-state index contributed by atoms with van der Waals surface area (Å²) < 4.78 is 30.1. The minimum absolute atomic E-state index is 0.190. The van der Waals surface area contributed by atoms with Gasteiger partial charge in [-0.1, -0.05) is 36.4 Å². The Hall–Kier alpha value is -4.12. The fourth-order valence-electron chi connectivity index (χ4n) is 5.09. The van der Waals surface area contributed by atoms with Crippen molar-refractivity contribution in [1.29, 1.82) is 0 Å². The highest BCUT2D eigenvalue weighted by Gasteiger charge is 2.40. The summed E-state index contributed by atoms with van der Waals surface area (Å²) in [6.07, 6.45) is 7.33. The summed E-state index contributed by atoms with van der Waals surface area (Å²) in [4.78, 5) is 13.8. The van der Waals surface area contributed by atoms with Crippen LogP contribution in [0.1, 0.15) is 17.8 Å². The van der Waals surface area contributed by atoms with Crippen molar-refractivity contribution < 1.29 is 13.5 Å². The van der Waals surface area contributed by atoms with E-state index in [9.17, 15) is 13.5 Å². The molecule has 0 fully saturated rings. The van der Waals surface area contributed by atoms with Gasteiger partial charge >= 0.3 is 0 Å². The molecule has 0 bridgehead atoms. The lowest BCUT2D eigenvalue weighted by atomic mass is 9.90. The van der Waals surface area contributed by atoms with E-state index < -0.39 is 15.6 Å². The number of aryl methyl sites for hydroxylation is 1. The van der Waals surface area contributed by atoms with Gasteiger partial charge in [-0.15, -0.1) is 11.3 Å². The molecule has 1 N–H and O–H groups in total. The Labute approximate surface area is 222 Å². The number of hydrogen-bond donors (Lipinski definition) is 1. The molecular formula is C28H21N5O3S2. The van der Waals surface area contributed by atoms with E-state index in [1.807, 2.05) is 46.5 Å². The molecule has 38 heavy (non-hydrogen) atoms. The first-order chi connectivity index (χ1) is 18.4. The number of aliphatic hydroxyl groups is 1. The van der Waals surface area contributed by atoms with Gasteiger partial charge in [0.25, 0.3) is 10.0 Å².